The first-order chi connectivity index (χ1) is 9.13. The molecule has 0 saturated heterocycles. The first-order valence-electron chi connectivity index (χ1n) is 6.98. The number of aromatic nitrogens is 2. The highest BCUT2D eigenvalue weighted by Gasteiger charge is 2.11. The minimum atomic E-state index is 0.459. The molecule has 1 heterocycles. The lowest BCUT2D eigenvalue weighted by molar-refractivity contribution is 0.577. The molecule has 0 fully saturated rings. The first kappa shape index (κ1) is 13.8. The summed E-state index contributed by atoms with van der Waals surface area (Å²) in [6.45, 7) is 7.08. The second kappa shape index (κ2) is 6.02. The fraction of sp³-hybridized carbons (Fsp3) is 0.438. The first-order valence-corrected chi connectivity index (χ1v) is 6.98. The Morgan fingerprint density at radius 3 is 2.53 bits per heavy atom. The number of rotatable bonds is 5. The van der Waals surface area contributed by atoms with E-state index in [2.05, 4.69) is 50.0 Å². The van der Waals surface area contributed by atoms with Crippen LogP contribution in [0.25, 0.3) is 11.3 Å². The Balaban J connectivity index is 2.24. The van der Waals surface area contributed by atoms with E-state index in [1.54, 1.807) is 0 Å². The SMILES string of the molecule is CCc1ccc(-c2nc(CC(C)CN)[nH]c2C)cc1. The number of imidazole rings is 1. The number of nitrogens with one attached hydrogen (secondary N) is 1. The van der Waals surface area contributed by atoms with Gasteiger partial charge in [0.25, 0.3) is 0 Å². The van der Waals surface area contributed by atoms with Gasteiger partial charge in [0.1, 0.15) is 5.82 Å². The molecule has 0 saturated carbocycles. The maximum Gasteiger partial charge on any atom is 0.107 e. The summed E-state index contributed by atoms with van der Waals surface area (Å²) in [4.78, 5) is 8.08. The van der Waals surface area contributed by atoms with E-state index < -0.39 is 0 Å². The summed E-state index contributed by atoms with van der Waals surface area (Å²) in [6, 6.07) is 8.65. The van der Waals surface area contributed by atoms with Gasteiger partial charge in [-0.2, -0.15) is 0 Å². The summed E-state index contributed by atoms with van der Waals surface area (Å²) in [5.41, 5.74) is 10.4. The molecule has 3 heteroatoms. The maximum absolute atomic E-state index is 5.67. The molecule has 1 atom stereocenters. The fourth-order valence-electron chi connectivity index (χ4n) is 2.21. The summed E-state index contributed by atoms with van der Waals surface area (Å²) in [7, 11) is 0. The van der Waals surface area contributed by atoms with E-state index in [-0.39, 0.29) is 0 Å². The smallest absolute Gasteiger partial charge is 0.107 e. The van der Waals surface area contributed by atoms with Crippen molar-refractivity contribution in [3.63, 3.8) is 0 Å². The van der Waals surface area contributed by atoms with Crippen molar-refractivity contribution in [2.75, 3.05) is 6.54 Å². The van der Waals surface area contributed by atoms with Crippen molar-refractivity contribution in [3.05, 3.63) is 41.3 Å². The van der Waals surface area contributed by atoms with Crippen molar-refractivity contribution in [1.82, 2.24) is 9.97 Å². The zero-order valence-electron chi connectivity index (χ0n) is 12.0. The van der Waals surface area contributed by atoms with Gasteiger partial charge < -0.3 is 10.7 Å². The van der Waals surface area contributed by atoms with Gasteiger partial charge in [0.2, 0.25) is 0 Å². The Hall–Kier alpha value is -1.61. The Kier molecular flexibility index (Phi) is 4.38. The van der Waals surface area contributed by atoms with Gasteiger partial charge in [0.15, 0.2) is 0 Å². The third-order valence-corrected chi connectivity index (χ3v) is 3.51. The number of aromatic amines is 1. The molecule has 1 aromatic carbocycles. The number of benzene rings is 1. The standard InChI is InChI=1S/C16H23N3/c1-4-13-5-7-14(8-6-13)16-12(3)18-15(19-16)9-11(2)10-17/h5-8,11H,4,9-10,17H2,1-3H3,(H,18,19). The molecule has 1 aromatic heterocycles. The summed E-state index contributed by atoms with van der Waals surface area (Å²) in [5, 5.41) is 0. The van der Waals surface area contributed by atoms with E-state index in [1.807, 2.05) is 0 Å². The van der Waals surface area contributed by atoms with Crippen molar-refractivity contribution < 1.29 is 0 Å². The van der Waals surface area contributed by atoms with Crippen LogP contribution in [0.1, 0.15) is 30.9 Å². The highest BCUT2D eigenvalue weighted by atomic mass is 14.9. The van der Waals surface area contributed by atoms with Crippen LogP contribution < -0.4 is 5.73 Å². The molecule has 3 N–H and O–H groups in total. The number of nitrogens with zero attached hydrogens (tertiary/aromatic N) is 1. The second-order valence-electron chi connectivity index (χ2n) is 5.25. The summed E-state index contributed by atoms with van der Waals surface area (Å²) < 4.78 is 0. The Bertz CT molecular complexity index is 525. The van der Waals surface area contributed by atoms with Crippen molar-refractivity contribution in [1.29, 1.82) is 0 Å². The molecule has 0 radical (unpaired) electrons. The van der Waals surface area contributed by atoms with Crippen LogP contribution in [-0.2, 0) is 12.8 Å². The average Bonchev–Trinajstić information content (AvgIpc) is 2.79. The largest absolute Gasteiger partial charge is 0.346 e. The number of aryl methyl sites for hydroxylation is 2. The summed E-state index contributed by atoms with van der Waals surface area (Å²) in [6.07, 6.45) is 1.98. The number of H-pyrrole nitrogens is 1. The van der Waals surface area contributed by atoms with Crippen molar-refractivity contribution in [2.24, 2.45) is 11.7 Å². The van der Waals surface area contributed by atoms with Gasteiger partial charge in [-0.1, -0.05) is 38.1 Å². The van der Waals surface area contributed by atoms with Crippen LogP contribution in [0.15, 0.2) is 24.3 Å². The number of hydrogen-bond acceptors (Lipinski definition) is 2. The van der Waals surface area contributed by atoms with Crippen molar-refractivity contribution >= 4 is 0 Å². The molecule has 3 nitrogen and oxygen atoms in total. The fourth-order valence-corrected chi connectivity index (χ4v) is 2.21. The molecule has 0 aliphatic rings. The van der Waals surface area contributed by atoms with Crippen LogP contribution in [0.5, 0.6) is 0 Å². The zero-order chi connectivity index (χ0) is 13.8. The molecule has 2 rings (SSSR count). The lowest BCUT2D eigenvalue weighted by Gasteiger charge is -2.04. The Morgan fingerprint density at radius 1 is 1.26 bits per heavy atom. The maximum atomic E-state index is 5.67. The van der Waals surface area contributed by atoms with Crippen LogP contribution in [0.2, 0.25) is 0 Å². The van der Waals surface area contributed by atoms with Crippen molar-refractivity contribution in [2.45, 2.75) is 33.6 Å². The quantitative estimate of drug-likeness (QED) is 0.865. The topological polar surface area (TPSA) is 54.7 Å². The van der Waals surface area contributed by atoms with Gasteiger partial charge in [-0.3, -0.25) is 0 Å². The van der Waals surface area contributed by atoms with E-state index in [0.717, 1.165) is 30.1 Å². The minimum Gasteiger partial charge on any atom is -0.346 e. The van der Waals surface area contributed by atoms with E-state index in [9.17, 15) is 0 Å². The van der Waals surface area contributed by atoms with Gasteiger partial charge in [-0.15, -0.1) is 0 Å². The molecular weight excluding hydrogens is 234 g/mol. The van der Waals surface area contributed by atoms with Gasteiger partial charge >= 0.3 is 0 Å². The van der Waals surface area contributed by atoms with Crippen molar-refractivity contribution in [3.8, 4) is 11.3 Å². The average molecular weight is 257 g/mol. The summed E-state index contributed by atoms with van der Waals surface area (Å²) in [5.74, 6) is 1.49. The lowest BCUT2D eigenvalue weighted by Crippen LogP contribution is -2.13. The van der Waals surface area contributed by atoms with Crippen LogP contribution in [0.3, 0.4) is 0 Å². The predicted molar refractivity (Wildman–Crippen MR) is 80.1 cm³/mol. The number of hydrogen-bond donors (Lipinski definition) is 2. The monoisotopic (exact) mass is 257 g/mol. The second-order valence-corrected chi connectivity index (χ2v) is 5.25. The minimum absolute atomic E-state index is 0.459. The third kappa shape index (κ3) is 3.24. The molecule has 1 unspecified atom stereocenters. The van der Waals surface area contributed by atoms with Crippen LogP contribution in [0, 0.1) is 12.8 Å². The molecule has 0 amide bonds. The summed E-state index contributed by atoms with van der Waals surface area (Å²) >= 11 is 0. The molecule has 0 bridgehead atoms. The van der Waals surface area contributed by atoms with Gasteiger partial charge in [-0.25, -0.2) is 4.98 Å². The predicted octanol–water partition coefficient (Wildman–Crippen LogP) is 3.08. The van der Waals surface area contributed by atoms with Crippen LogP contribution >= 0.6 is 0 Å². The molecule has 19 heavy (non-hydrogen) atoms. The van der Waals surface area contributed by atoms with Crippen LogP contribution in [-0.4, -0.2) is 16.5 Å². The number of nitrogens with two attached hydrogens (primary N) is 1. The van der Waals surface area contributed by atoms with E-state index in [1.165, 1.54) is 11.1 Å². The Morgan fingerprint density at radius 2 is 1.95 bits per heavy atom. The zero-order valence-corrected chi connectivity index (χ0v) is 12.0. The van der Waals surface area contributed by atoms with Crippen LogP contribution in [0.4, 0.5) is 0 Å². The van der Waals surface area contributed by atoms with E-state index in [4.69, 9.17) is 10.7 Å². The normalized spacial score (nSPS) is 12.6. The molecular formula is C16H23N3. The highest BCUT2D eigenvalue weighted by Crippen LogP contribution is 2.22. The molecule has 2 aromatic rings. The van der Waals surface area contributed by atoms with Gasteiger partial charge in [0, 0.05) is 17.7 Å². The molecule has 0 spiro atoms. The highest BCUT2D eigenvalue weighted by molar-refractivity contribution is 5.62. The van der Waals surface area contributed by atoms with Gasteiger partial charge in [0.05, 0.1) is 5.69 Å². The van der Waals surface area contributed by atoms with E-state index >= 15 is 0 Å². The molecule has 0 aliphatic carbocycles. The van der Waals surface area contributed by atoms with E-state index in [0.29, 0.717) is 12.5 Å². The Labute approximate surface area is 115 Å². The van der Waals surface area contributed by atoms with Gasteiger partial charge in [-0.05, 0) is 31.4 Å². The molecule has 102 valence electrons. The molecule has 0 aliphatic heterocycles. The third-order valence-electron chi connectivity index (χ3n) is 3.51. The lowest BCUT2D eigenvalue weighted by atomic mass is 10.1.